The lowest BCUT2D eigenvalue weighted by Crippen LogP contribution is -2.06. The van der Waals surface area contributed by atoms with Gasteiger partial charge < -0.3 is 16.2 Å². The third-order valence-electron chi connectivity index (χ3n) is 3.35. The topological polar surface area (TPSA) is 87.0 Å². The van der Waals surface area contributed by atoms with Crippen LogP contribution < -0.4 is 16.2 Å². The number of aromatic nitrogens is 2. The first-order valence-electron chi connectivity index (χ1n) is 6.78. The van der Waals surface area contributed by atoms with E-state index in [2.05, 4.69) is 9.97 Å². The van der Waals surface area contributed by atoms with Crippen LogP contribution in [0.25, 0.3) is 10.9 Å². The third-order valence-corrected chi connectivity index (χ3v) is 3.35. The van der Waals surface area contributed by atoms with E-state index >= 15 is 0 Å². The van der Waals surface area contributed by atoms with Crippen molar-refractivity contribution in [2.24, 2.45) is 0 Å². The lowest BCUT2D eigenvalue weighted by atomic mass is 10.1. The Hall–Kier alpha value is -2.89. The van der Waals surface area contributed by atoms with Crippen molar-refractivity contribution in [2.45, 2.75) is 13.0 Å². The van der Waals surface area contributed by atoms with E-state index in [9.17, 15) is 4.39 Å². The van der Waals surface area contributed by atoms with Gasteiger partial charge in [-0.05, 0) is 36.8 Å². The van der Waals surface area contributed by atoms with Gasteiger partial charge in [0.1, 0.15) is 23.5 Å². The van der Waals surface area contributed by atoms with Crippen LogP contribution in [0, 0.1) is 5.82 Å². The van der Waals surface area contributed by atoms with Gasteiger partial charge in [-0.1, -0.05) is 18.2 Å². The predicted molar refractivity (Wildman–Crippen MR) is 83.8 cm³/mol. The number of halogens is 1. The average molecular weight is 298 g/mol. The number of fused-ring (bicyclic) bond motifs is 1. The molecule has 1 heterocycles. The maximum Gasteiger partial charge on any atom is 0.222 e. The van der Waals surface area contributed by atoms with E-state index in [1.54, 1.807) is 30.3 Å². The second-order valence-corrected chi connectivity index (χ2v) is 4.93. The van der Waals surface area contributed by atoms with Gasteiger partial charge >= 0.3 is 0 Å². The van der Waals surface area contributed by atoms with Crippen molar-refractivity contribution in [1.82, 2.24) is 9.97 Å². The van der Waals surface area contributed by atoms with E-state index in [4.69, 9.17) is 16.2 Å². The van der Waals surface area contributed by atoms with Crippen molar-refractivity contribution in [2.75, 3.05) is 11.5 Å². The van der Waals surface area contributed by atoms with Gasteiger partial charge in [0.2, 0.25) is 5.95 Å². The minimum atomic E-state index is -0.349. The van der Waals surface area contributed by atoms with Gasteiger partial charge in [-0.15, -0.1) is 0 Å². The van der Waals surface area contributed by atoms with Crippen molar-refractivity contribution in [3.63, 3.8) is 0 Å². The van der Waals surface area contributed by atoms with Crippen molar-refractivity contribution in [3.8, 4) is 5.75 Å². The van der Waals surface area contributed by atoms with Crippen LogP contribution in [-0.2, 0) is 0 Å². The highest BCUT2D eigenvalue weighted by Gasteiger charge is 2.13. The molecule has 2 aromatic carbocycles. The fraction of sp³-hybridized carbons (Fsp3) is 0.125. The molecule has 0 bridgehead atoms. The third kappa shape index (κ3) is 2.63. The monoisotopic (exact) mass is 298 g/mol. The summed E-state index contributed by atoms with van der Waals surface area (Å²) < 4.78 is 19.2. The summed E-state index contributed by atoms with van der Waals surface area (Å²) in [5.74, 6) is 0.595. The first-order chi connectivity index (χ1) is 10.5. The summed E-state index contributed by atoms with van der Waals surface area (Å²) in [5, 5.41) is 0.597. The van der Waals surface area contributed by atoms with Crippen molar-refractivity contribution >= 4 is 22.7 Å². The lowest BCUT2D eigenvalue weighted by molar-refractivity contribution is 0.229. The predicted octanol–water partition coefficient (Wildman–Crippen LogP) is 3.07. The van der Waals surface area contributed by atoms with E-state index in [0.29, 0.717) is 16.7 Å². The fourth-order valence-electron chi connectivity index (χ4n) is 2.31. The molecule has 1 atom stereocenters. The second kappa shape index (κ2) is 5.48. The molecule has 4 N–H and O–H groups in total. The standard InChI is InChI=1S/C16H15FN4O/c1-9(10-4-2-5-11(17)8-10)22-13-7-3-6-12-14(13)15(18)21-16(19)20-12/h2-9H,1H3,(H4,18,19,20,21). The van der Waals surface area contributed by atoms with E-state index in [0.717, 1.165) is 5.56 Å². The number of nitrogens with two attached hydrogens (primary N) is 2. The highest BCUT2D eigenvalue weighted by Crippen LogP contribution is 2.32. The first kappa shape index (κ1) is 14.1. The zero-order valence-corrected chi connectivity index (χ0v) is 12.0. The molecule has 0 fully saturated rings. The number of nitrogens with zero attached hydrogens (tertiary/aromatic N) is 2. The van der Waals surface area contributed by atoms with Crippen LogP contribution in [0.4, 0.5) is 16.2 Å². The Kier molecular flexibility index (Phi) is 3.50. The maximum absolute atomic E-state index is 13.3. The van der Waals surface area contributed by atoms with Gasteiger partial charge in [-0.25, -0.2) is 9.37 Å². The van der Waals surface area contributed by atoms with E-state index in [1.165, 1.54) is 12.1 Å². The summed E-state index contributed by atoms with van der Waals surface area (Å²) in [5.41, 5.74) is 12.9. The lowest BCUT2D eigenvalue weighted by Gasteiger charge is -2.17. The summed E-state index contributed by atoms with van der Waals surface area (Å²) in [7, 11) is 0. The number of nitrogen functional groups attached to an aromatic ring is 2. The van der Waals surface area contributed by atoms with E-state index < -0.39 is 0 Å². The van der Waals surface area contributed by atoms with Gasteiger partial charge in [0, 0.05) is 0 Å². The van der Waals surface area contributed by atoms with Gasteiger partial charge in [0.05, 0.1) is 10.9 Å². The van der Waals surface area contributed by atoms with Crippen LogP contribution >= 0.6 is 0 Å². The summed E-state index contributed by atoms with van der Waals surface area (Å²) in [6.45, 7) is 1.84. The molecule has 0 aliphatic heterocycles. The summed E-state index contributed by atoms with van der Waals surface area (Å²) in [4.78, 5) is 8.10. The number of rotatable bonds is 3. The largest absolute Gasteiger partial charge is 0.485 e. The molecule has 6 heteroatoms. The minimum absolute atomic E-state index is 0.111. The van der Waals surface area contributed by atoms with Crippen LogP contribution in [0.15, 0.2) is 42.5 Å². The molecule has 0 saturated carbocycles. The van der Waals surface area contributed by atoms with Crippen molar-refractivity contribution in [3.05, 3.63) is 53.8 Å². The molecule has 22 heavy (non-hydrogen) atoms. The molecule has 0 radical (unpaired) electrons. The average Bonchev–Trinajstić information content (AvgIpc) is 2.46. The first-order valence-corrected chi connectivity index (χ1v) is 6.78. The quantitative estimate of drug-likeness (QED) is 0.776. The molecule has 112 valence electrons. The molecule has 3 rings (SSSR count). The van der Waals surface area contributed by atoms with Gasteiger partial charge in [0.25, 0.3) is 0 Å². The van der Waals surface area contributed by atoms with Gasteiger partial charge in [0.15, 0.2) is 0 Å². The number of benzene rings is 2. The molecular weight excluding hydrogens is 283 g/mol. The van der Waals surface area contributed by atoms with E-state index in [1.807, 2.05) is 6.92 Å². The Morgan fingerprint density at radius 1 is 1.09 bits per heavy atom. The number of hydrogen-bond donors (Lipinski definition) is 2. The molecule has 1 aromatic heterocycles. The van der Waals surface area contributed by atoms with E-state index in [-0.39, 0.29) is 23.7 Å². The Morgan fingerprint density at radius 3 is 2.64 bits per heavy atom. The number of hydrogen-bond acceptors (Lipinski definition) is 5. The minimum Gasteiger partial charge on any atom is -0.485 e. The van der Waals surface area contributed by atoms with Crippen LogP contribution in [0.5, 0.6) is 5.75 Å². The SMILES string of the molecule is CC(Oc1cccc2nc(N)nc(N)c12)c1cccc(F)c1. The molecule has 0 saturated heterocycles. The highest BCUT2D eigenvalue weighted by atomic mass is 19.1. The smallest absolute Gasteiger partial charge is 0.222 e. The Bertz CT molecular complexity index is 837. The van der Waals surface area contributed by atoms with Crippen LogP contribution in [0.2, 0.25) is 0 Å². The van der Waals surface area contributed by atoms with Gasteiger partial charge in [-0.3, -0.25) is 0 Å². The highest BCUT2D eigenvalue weighted by molar-refractivity contribution is 5.94. The Balaban J connectivity index is 2.00. The molecule has 0 spiro atoms. The van der Waals surface area contributed by atoms with Crippen molar-refractivity contribution in [1.29, 1.82) is 0 Å². The Labute approximate surface area is 126 Å². The van der Waals surface area contributed by atoms with Crippen LogP contribution in [0.1, 0.15) is 18.6 Å². The summed E-state index contributed by atoms with van der Waals surface area (Å²) in [6.07, 6.45) is -0.349. The second-order valence-electron chi connectivity index (χ2n) is 4.93. The number of anilines is 2. The zero-order valence-electron chi connectivity index (χ0n) is 12.0. The summed E-state index contributed by atoms with van der Waals surface area (Å²) in [6, 6.07) is 11.6. The molecule has 0 aliphatic carbocycles. The van der Waals surface area contributed by atoms with Crippen LogP contribution in [0.3, 0.4) is 0 Å². The number of ether oxygens (including phenoxy) is 1. The fourth-order valence-corrected chi connectivity index (χ4v) is 2.31. The summed E-state index contributed by atoms with van der Waals surface area (Å²) >= 11 is 0. The zero-order chi connectivity index (χ0) is 15.7. The Morgan fingerprint density at radius 2 is 1.86 bits per heavy atom. The van der Waals surface area contributed by atoms with Crippen molar-refractivity contribution < 1.29 is 9.13 Å². The molecule has 1 unspecified atom stereocenters. The molecular formula is C16H15FN4O. The van der Waals surface area contributed by atoms with Gasteiger partial charge in [-0.2, -0.15) is 4.98 Å². The molecule has 5 nitrogen and oxygen atoms in total. The maximum atomic E-state index is 13.3. The normalized spacial score (nSPS) is 12.3. The molecule has 3 aromatic rings. The molecule has 0 amide bonds. The molecule has 0 aliphatic rings. The van der Waals surface area contributed by atoms with Crippen LogP contribution in [-0.4, -0.2) is 9.97 Å².